The van der Waals surface area contributed by atoms with E-state index in [1.165, 1.54) is 21.1 Å². The zero-order chi connectivity index (χ0) is 21.9. The number of ether oxygens (including phenoxy) is 4. The molecule has 1 aliphatic rings. The van der Waals surface area contributed by atoms with Crippen molar-refractivity contribution in [3.8, 4) is 23.0 Å². The van der Waals surface area contributed by atoms with Gasteiger partial charge in [-0.15, -0.1) is 0 Å². The SMILES string of the molecule is COc1ccc(NC(=O)[C@H](C)N(c2ccc3c(c2)OCCO3)S(C)(=O)=O)c(OC)c1. The molecule has 0 spiro atoms. The number of hydrogen-bond acceptors (Lipinski definition) is 7. The predicted molar refractivity (Wildman–Crippen MR) is 112 cm³/mol. The van der Waals surface area contributed by atoms with Gasteiger partial charge in [0.2, 0.25) is 15.9 Å². The van der Waals surface area contributed by atoms with Crippen LogP contribution >= 0.6 is 0 Å². The Kier molecular flexibility index (Phi) is 6.25. The van der Waals surface area contributed by atoms with Gasteiger partial charge in [-0.25, -0.2) is 8.42 Å². The Balaban J connectivity index is 1.89. The Morgan fingerprint density at radius 3 is 2.40 bits per heavy atom. The highest BCUT2D eigenvalue weighted by molar-refractivity contribution is 7.92. The first-order valence-corrected chi connectivity index (χ1v) is 11.0. The molecule has 0 aliphatic carbocycles. The molecule has 0 radical (unpaired) electrons. The van der Waals surface area contributed by atoms with Gasteiger partial charge in [0.1, 0.15) is 30.8 Å². The maximum atomic E-state index is 12.9. The van der Waals surface area contributed by atoms with E-state index in [9.17, 15) is 13.2 Å². The van der Waals surface area contributed by atoms with Gasteiger partial charge in [-0.2, -0.15) is 0 Å². The molecule has 1 N–H and O–H groups in total. The van der Waals surface area contributed by atoms with Crippen molar-refractivity contribution in [1.29, 1.82) is 0 Å². The minimum atomic E-state index is -3.78. The van der Waals surface area contributed by atoms with Crippen LogP contribution in [-0.2, 0) is 14.8 Å². The van der Waals surface area contributed by atoms with Crippen LogP contribution in [0.2, 0.25) is 0 Å². The summed E-state index contributed by atoms with van der Waals surface area (Å²) >= 11 is 0. The summed E-state index contributed by atoms with van der Waals surface area (Å²) < 4.78 is 47.6. The molecule has 1 amide bonds. The number of carbonyl (C=O) groups is 1. The fraction of sp³-hybridized carbons (Fsp3) is 0.350. The number of anilines is 2. The number of nitrogens with one attached hydrogen (secondary N) is 1. The van der Waals surface area contributed by atoms with Gasteiger partial charge < -0.3 is 24.3 Å². The van der Waals surface area contributed by atoms with Gasteiger partial charge in [0.05, 0.1) is 31.9 Å². The first-order chi connectivity index (χ1) is 14.2. The second-order valence-electron chi connectivity index (χ2n) is 6.62. The van der Waals surface area contributed by atoms with Crippen LogP contribution in [0.15, 0.2) is 36.4 Å². The summed E-state index contributed by atoms with van der Waals surface area (Å²) in [5.41, 5.74) is 0.692. The fourth-order valence-corrected chi connectivity index (χ4v) is 4.28. The van der Waals surface area contributed by atoms with E-state index in [4.69, 9.17) is 18.9 Å². The van der Waals surface area contributed by atoms with E-state index in [0.29, 0.717) is 47.6 Å². The van der Waals surface area contributed by atoms with Crippen LogP contribution in [0, 0.1) is 0 Å². The van der Waals surface area contributed by atoms with Crippen LogP contribution < -0.4 is 28.6 Å². The molecule has 0 bridgehead atoms. The van der Waals surface area contributed by atoms with Crippen molar-refractivity contribution >= 4 is 27.3 Å². The number of nitrogens with zero attached hydrogens (tertiary/aromatic N) is 1. The Bertz CT molecular complexity index is 1040. The number of rotatable bonds is 7. The molecule has 0 unspecified atom stereocenters. The lowest BCUT2D eigenvalue weighted by molar-refractivity contribution is -0.116. The molecule has 0 saturated heterocycles. The summed E-state index contributed by atoms with van der Waals surface area (Å²) in [6.45, 7) is 2.29. The molecule has 162 valence electrons. The topological polar surface area (TPSA) is 103 Å². The van der Waals surface area contributed by atoms with Gasteiger partial charge >= 0.3 is 0 Å². The molecule has 3 rings (SSSR count). The Hall–Kier alpha value is -3.14. The molecule has 1 aliphatic heterocycles. The number of methoxy groups -OCH3 is 2. The largest absolute Gasteiger partial charge is 0.497 e. The number of benzene rings is 2. The summed E-state index contributed by atoms with van der Waals surface area (Å²) in [7, 11) is -0.798. The van der Waals surface area contributed by atoms with Crippen molar-refractivity contribution in [2.24, 2.45) is 0 Å². The molecule has 30 heavy (non-hydrogen) atoms. The highest BCUT2D eigenvalue weighted by Gasteiger charge is 2.30. The molecule has 0 fully saturated rings. The molecule has 0 aromatic heterocycles. The monoisotopic (exact) mass is 436 g/mol. The minimum absolute atomic E-state index is 0.297. The molecular weight excluding hydrogens is 412 g/mol. The van der Waals surface area contributed by atoms with E-state index in [2.05, 4.69) is 5.32 Å². The van der Waals surface area contributed by atoms with E-state index >= 15 is 0 Å². The van der Waals surface area contributed by atoms with Gasteiger partial charge in [0.15, 0.2) is 11.5 Å². The third-order valence-electron chi connectivity index (χ3n) is 4.54. The first-order valence-electron chi connectivity index (χ1n) is 9.16. The summed E-state index contributed by atoms with van der Waals surface area (Å²) in [5.74, 6) is 1.38. The van der Waals surface area contributed by atoms with Crippen molar-refractivity contribution in [3.05, 3.63) is 36.4 Å². The molecule has 1 atom stereocenters. The molecular formula is C20H24N2O7S. The predicted octanol–water partition coefficient (Wildman–Crippen LogP) is 2.27. The standard InChI is InChI=1S/C20H24N2O7S/c1-13(20(23)21-16-7-6-15(26-2)12-18(16)27-3)22(30(4,24)25)14-5-8-17-19(11-14)29-10-9-28-17/h5-8,11-13H,9-10H2,1-4H3,(H,21,23)/t13-/m0/s1. The second-order valence-corrected chi connectivity index (χ2v) is 8.48. The summed E-state index contributed by atoms with van der Waals surface area (Å²) in [6.07, 6.45) is 1.04. The Morgan fingerprint density at radius 2 is 1.77 bits per heavy atom. The third-order valence-corrected chi connectivity index (χ3v) is 5.78. The van der Waals surface area contributed by atoms with Crippen molar-refractivity contribution in [1.82, 2.24) is 0 Å². The lowest BCUT2D eigenvalue weighted by atomic mass is 10.2. The van der Waals surface area contributed by atoms with Gasteiger partial charge in [-0.1, -0.05) is 0 Å². The van der Waals surface area contributed by atoms with E-state index in [-0.39, 0.29) is 0 Å². The summed E-state index contributed by atoms with van der Waals surface area (Å²) in [4.78, 5) is 12.9. The van der Waals surface area contributed by atoms with Gasteiger partial charge in [0, 0.05) is 12.1 Å². The lowest BCUT2D eigenvalue weighted by Gasteiger charge is -2.29. The zero-order valence-corrected chi connectivity index (χ0v) is 18.0. The van der Waals surface area contributed by atoms with Crippen molar-refractivity contribution in [3.63, 3.8) is 0 Å². The van der Waals surface area contributed by atoms with E-state index in [1.54, 1.807) is 36.4 Å². The van der Waals surface area contributed by atoms with Crippen LogP contribution in [-0.4, -0.2) is 54.1 Å². The maximum Gasteiger partial charge on any atom is 0.248 e. The second kappa shape index (κ2) is 8.70. The lowest BCUT2D eigenvalue weighted by Crippen LogP contribution is -2.45. The number of hydrogen-bond donors (Lipinski definition) is 1. The average Bonchev–Trinajstić information content (AvgIpc) is 2.72. The van der Waals surface area contributed by atoms with Crippen molar-refractivity contribution < 1.29 is 32.2 Å². The minimum Gasteiger partial charge on any atom is -0.497 e. The van der Waals surface area contributed by atoms with Crippen LogP contribution in [0.25, 0.3) is 0 Å². The Morgan fingerprint density at radius 1 is 1.07 bits per heavy atom. The molecule has 1 heterocycles. The fourth-order valence-electron chi connectivity index (χ4n) is 3.12. The quantitative estimate of drug-likeness (QED) is 0.710. The molecule has 2 aromatic carbocycles. The average molecular weight is 436 g/mol. The molecule has 2 aromatic rings. The zero-order valence-electron chi connectivity index (χ0n) is 17.2. The molecule has 9 nitrogen and oxygen atoms in total. The van der Waals surface area contributed by atoms with Crippen LogP contribution in [0.4, 0.5) is 11.4 Å². The Labute approximate surface area is 175 Å². The normalized spacial score (nSPS) is 13.9. The number of amides is 1. The van der Waals surface area contributed by atoms with E-state index in [0.717, 1.165) is 10.6 Å². The van der Waals surface area contributed by atoms with Gasteiger partial charge in [-0.05, 0) is 31.2 Å². The summed E-state index contributed by atoms with van der Waals surface area (Å²) in [6, 6.07) is 8.61. The van der Waals surface area contributed by atoms with Crippen molar-refractivity contribution in [2.45, 2.75) is 13.0 Å². The highest BCUT2D eigenvalue weighted by Crippen LogP contribution is 2.36. The highest BCUT2D eigenvalue weighted by atomic mass is 32.2. The van der Waals surface area contributed by atoms with Crippen LogP contribution in [0.5, 0.6) is 23.0 Å². The van der Waals surface area contributed by atoms with Gasteiger partial charge in [-0.3, -0.25) is 9.10 Å². The van der Waals surface area contributed by atoms with Crippen LogP contribution in [0.1, 0.15) is 6.92 Å². The van der Waals surface area contributed by atoms with E-state index < -0.39 is 22.0 Å². The third kappa shape index (κ3) is 4.54. The van der Waals surface area contributed by atoms with Crippen molar-refractivity contribution in [2.75, 3.05) is 43.3 Å². The number of sulfonamides is 1. The van der Waals surface area contributed by atoms with E-state index in [1.807, 2.05) is 0 Å². The number of carbonyl (C=O) groups excluding carboxylic acids is 1. The maximum absolute atomic E-state index is 12.9. The van der Waals surface area contributed by atoms with Crippen LogP contribution in [0.3, 0.4) is 0 Å². The summed E-state index contributed by atoms with van der Waals surface area (Å²) in [5, 5.41) is 2.72. The smallest absolute Gasteiger partial charge is 0.248 e. The molecule has 10 heteroatoms. The first kappa shape index (κ1) is 21.6. The van der Waals surface area contributed by atoms with Gasteiger partial charge in [0.25, 0.3) is 0 Å². The molecule has 0 saturated carbocycles. The number of fused-ring (bicyclic) bond motifs is 1.